The third-order valence-corrected chi connectivity index (χ3v) is 4.14. The molecule has 0 fully saturated rings. The topological polar surface area (TPSA) is 67.7 Å². The van der Waals surface area contributed by atoms with E-state index in [0.717, 1.165) is 21.7 Å². The average molecular weight is 288 g/mol. The van der Waals surface area contributed by atoms with Gasteiger partial charge in [0.1, 0.15) is 10.6 Å². The van der Waals surface area contributed by atoms with Gasteiger partial charge in [-0.3, -0.25) is 4.68 Å². The molecule has 2 N–H and O–H groups in total. The highest BCUT2D eigenvalue weighted by molar-refractivity contribution is 7.16. The predicted octanol–water partition coefficient (Wildman–Crippen LogP) is 2.39. The first kappa shape index (κ1) is 12.9. The van der Waals surface area contributed by atoms with Crippen LogP contribution in [0, 0.1) is 6.92 Å². The maximum Gasteiger partial charge on any atom is 0.225 e. The van der Waals surface area contributed by atoms with Crippen LogP contribution >= 0.6 is 11.3 Å². The molecule has 7 heteroatoms. The molecule has 0 aliphatic carbocycles. The summed E-state index contributed by atoms with van der Waals surface area (Å²) >= 11 is 1.61. The van der Waals surface area contributed by atoms with Gasteiger partial charge < -0.3 is 10.6 Å². The number of aromatic nitrogens is 4. The summed E-state index contributed by atoms with van der Waals surface area (Å²) in [5, 5.41) is 13.7. The monoisotopic (exact) mass is 288 g/mol. The molecule has 0 saturated heterocycles. The Bertz CT molecular complexity index is 744. The van der Waals surface area contributed by atoms with E-state index in [4.69, 9.17) is 0 Å². The summed E-state index contributed by atoms with van der Waals surface area (Å²) in [6.45, 7) is 2.76. The van der Waals surface area contributed by atoms with Gasteiger partial charge >= 0.3 is 0 Å². The number of anilines is 2. The maximum absolute atomic E-state index is 4.49. The van der Waals surface area contributed by atoms with Crippen LogP contribution in [-0.4, -0.2) is 26.8 Å². The number of nitrogens with zero attached hydrogens (tertiary/aromatic N) is 4. The minimum Gasteiger partial charge on any atom is -0.365 e. The number of thiophene rings is 1. The van der Waals surface area contributed by atoms with Gasteiger partial charge in [0.25, 0.3) is 0 Å². The van der Waals surface area contributed by atoms with E-state index < -0.39 is 0 Å². The summed E-state index contributed by atoms with van der Waals surface area (Å²) in [4.78, 5) is 9.90. The zero-order valence-electron chi connectivity index (χ0n) is 11.6. The van der Waals surface area contributed by atoms with Gasteiger partial charge in [-0.05, 0) is 18.4 Å². The maximum atomic E-state index is 4.49. The normalized spacial score (nSPS) is 10.9. The predicted molar refractivity (Wildman–Crippen MR) is 82.2 cm³/mol. The van der Waals surface area contributed by atoms with E-state index in [1.165, 1.54) is 5.56 Å². The zero-order valence-corrected chi connectivity index (χ0v) is 12.5. The van der Waals surface area contributed by atoms with E-state index in [9.17, 15) is 0 Å². The van der Waals surface area contributed by atoms with E-state index >= 15 is 0 Å². The highest BCUT2D eigenvalue weighted by Gasteiger charge is 2.09. The minimum atomic E-state index is 0.630. The van der Waals surface area contributed by atoms with Crippen LogP contribution in [0.1, 0.15) is 11.3 Å². The number of hydrogen-bond donors (Lipinski definition) is 2. The quantitative estimate of drug-likeness (QED) is 0.771. The van der Waals surface area contributed by atoms with Gasteiger partial charge in [-0.1, -0.05) is 0 Å². The molecule has 0 spiro atoms. The second-order valence-electron chi connectivity index (χ2n) is 4.52. The lowest BCUT2D eigenvalue weighted by Crippen LogP contribution is -2.05. The summed E-state index contributed by atoms with van der Waals surface area (Å²) in [5.41, 5.74) is 2.32. The molecule has 20 heavy (non-hydrogen) atoms. The van der Waals surface area contributed by atoms with Crippen molar-refractivity contribution in [2.45, 2.75) is 13.5 Å². The molecule has 0 aromatic carbocycles. The molecule has 0 atom stereocenters. The van der Waals surface area contributed by atoms with Crippen molar-refractivity contribution in [1.29, 1.82) is 0 Å². The molecule has 0 saturated carbocycles. The number of rotatable bonds is 4. The minimum absolute atomic E-state index is 0.630. The SMILES string of the molecule is CNc1nc(NCc2cnn(C)c2C)c2ccsc2n1. The van der Waals surface area contributed by atoms with Crippen molar-refractivity contribution < 1.29 is 0 Å². The van der Waals surface area contributed by atoms with Gasteiger partial charge in [-0.15, -0.1) is 11.3 Å². The highest BCUT2D eigenvalue weighted by atomic mass is 32.1. The third kappa shape index (κ3) is 2.20. The largest absolute Gasteiger partial charge is 0.365 e. The summed E-state index contributed by atoms with van der Waals surface area (Å²) in [6, 6.07) is 2.04. The average Bonchev–Trinajstić information content (AvgIpc) is 3.05. The van der Waals surface area contributed by atoms with Gasteiger partial charge in [0.15, 0.2) is 0 Å². The van der Waals surface area contributed by atoms with Crippen LogP contribution in [0.15, 0.2) is 17.6 Å². The molecule has 0 amide bonds. The van der Waals surface area contributed by atoms with Gasteiger partial charge in [-0.25, -0.2) is 4.98 Å². The van der Waals surface area contributed by atoms with Gasteiger partial charge in [0.05, 0.1) is 11.6 Å². The Labute approximate surface area is 120 Å². The van der Waals surface area contributed by atoms with E-state index in [1.807, 2.05) is 36.4 Å². The van der Waals surface area contributed by atoms with Crippen LogP contribution in [0.2, 0.25) is 0 Å². The molecule has 3 heterocycles. The molecule has 3 aromatic heterocycles. The number of hydrogen-bond acceptors (Lipinski definition) is 6. The molecular formula is C13H16N6S. The molecule has 3 rings (SSSR count). The molecular weight excluding hydrogens is 272 g/mol. The fraction of sp³-hybridized carbons (Fsp3) is 0.308. The Kier molecular flexibility index (Phi) is 3.27. The summed E-state index contributed by atoms with van der Waals surface area (Å²) in [5.74, 6) is 1.48. The standard InChI is InChI=1S/C13H16N6S/c1-8-9(7-16-19(8)3)6-15-11-10-4-5-20-12(10)18-13(14-2)17-11/h4-5,7H,6H2,1-3H3,(H2,14,15,17,18). The number of fused-ring (bicyclic) bond motifs is 1. The number of nitrogens with one attached hydrogen (secondary N) is 2. The molecule has 0 radical (unpaired) electrons. The van der Waals surface area contributed by atoms with Crippen molar-refractivity contribution in [1.82, 2.24) is 19.7 Å². The Morgan fingerprint density at radius 1 is 1.35 bits per heavy atom. The van der Waals surface area contributed by atoms with Crippen LogP contribution in [0.3, 0.4) is 0 Å². The first-order valence-electron chi connectivity index (χ1n) is 6.33. The number of aryl methyl sites for hydroxylation is 1. The molecule has 6 nitrogen and oxygen atoms in total. The molecule has 0 aliphatic heterocycles. The highest BCUT2D eigenvalue weighted by Crippen LogP contribution is 2.26. The van der Waals surface area contributed by atoms with Crippen molar-refractivity contribution in [3.8, 4) is 0 Å². The van der Waals surface area contributed by atoms with Crippen molar-refractivity contribution >= 4 is 33.3 Å². The zero-order chi connectivity index (χ0) is 14.1. The summed E-state index contributed by atoms with van der Waals surface area (Å²) in [7, 11) is 3.77. The van der Waals surface area contributed by atoms with E-state index in [2.05, 4.69) is 32.6 Å². The molecule has 104 valence electrons. The van der Waals surface area contributed by atoms with Crippen LogP contribution < -0.4 is 10.6 Å². The lowest BCUT2D eigenvalue weighted by Gasteiger charge is -2.08. The van der Waals surface area contributed by atoms with Crippen molar-refractivity contribution in [2.24, 2.45) is 7.05 Å². The van der Waals surface area contributed by atoms with Crippen LogP contribution in [0.25, 0.3) is 10.2 Å². The van der Waals surface area contributed by atoms with Crippen molar-refractivity contribution in [3.05, 3.63) is 28.9 Å². The first-order chi connectivity index (χ1) is 9.69. The van der Waals surface area contributed by atoms with Gasteiger partial charge in [0, 0.05) is 31.9 Å². The van der Waals surface area contributed by atoms with Crippen molar-refractivity contribution in [2.75, 3.05) is 17.7 Å². The second kappa shape index (κ2) is 5.09. The molecule has 3 aromatic rings. The Morgan fingerprint density at radius 2 is 2.20 bits per heavy atom. The second-order valence-corrected chi connectivity index (χ2v) is 5.41. The van der Waals surface area contributed by atoms with Crippen molar-refractivity contribution in [3.63, 3.8) is 0 Å². The smallest absolute Gasteiger partial charge is 0.225 e. The van der Waals surface area contributed by atoms with E-state index in [-0.39, 0.29) is 0 Å². The Balaban J connectivity index is 1.90. The molecule has 0 unspecified atom stereocenters. The first-order valence-corrected chi connectivity index (χ1v) is 7.21. The fourth-order valence-electron chi connectivity index (χ4n) is 2.00. The van der Waals surface area contributed by atoms with E-state index in [1.54, 1.807) is 11.3 Å². The third-order valence-electron chi connectivity index (χ3n) is 3.33. The summed E-state index contributed by atoms with van der Waals surface area (Å²) < 4.78 is 1.87. The van der Waals surface area contributed by atoms with Crippen LogP contribution in [0.4, 0.5) is 11.8 Å². The summed E-state index contributed by atoms with van der Waals surface area (Å²) in [6.07, 6.45) is 1.88. The van der Waals surface area contributed by atoms with Gasteiger partial charge in [-0.2, -0.15) is 10.1 Å². The van der Waals surface area contributed by atoms with Crippen LogP contribution in [0.5, 0.6) is 0 Å². The molecule has 0 bridgehead atoms. The Morgan fingerprint density at radius 3 is 2.90 bits per heavy atom. The lowest BCUT2D eigenvalue weighted by atomic mass is 10.2. The molecule has 0 aliphatic rings. The lowest BCUT2D eigenvalue weighted by molar-refractivity contribution is 0.738. The fourth-order valence-corrected chi connectivity index (χ4v) is 2.76. The van der Waals surface area contributed by atoms with Crippen LogP contribution in [-0.2, 0) is 13.6 Å². The van der Waals surface area contributed by atoms with Gasteiger partial charge in [0.2, 0.25) is 5.95 Å². The van der Waals surface area contributed by atoms with E-state index in [0.29, 0.717) is 12.5 Å². The Hall–Kier alpha value is -2.15.